The highest BCUT2D eigenvalue weighted by atomic mass is 35.5. The monoisotopic (exact) mass is 348 g/mol. The Morgan fingerprint density at radius 1 is 1.00 bits per heavy atom. The molecule has 0 spiro atoms. The molecule has 0 amide bonds. The first kappa shape index (κ1) is 18.7. The summed E-state index contributed by atoms with van der Waals surface area (Å²) < 4.78 is 6.04. The molecule has 5 heteroatoms. The van der Waals surface area contributed by atoms with Gasteiger partial charge in [0, 0.05) is 31.7 Å². The van der Waals surface area contributed by atoms with Crippen LogP contribution in [0.2, 0.25) is 0 Å². The van der Waals surface area contributed by atoms with Crippen molar-refractivity contribution in [3.63, 3.8) is 0 Å². The van der Waals surface area contributed by atoms with E-state index in [9.17, 15) is 5.11 Å². The third-order valence-corrected chi connectivity index (χ3v) is 4.28. The van der Waals surface area contributed by atoms with Crippen molar-refractivity contribution >= 4 is 12.4 Å². The van der Waals surface area contributed by atoms with E-state index in [1.807, 2.05) is 36.4 Å². The number of ether oxygens (including phenoxy) is 1. The van der Waals surface area contributed by atoms with E-state index in [1.165, 1.54) is 0 Å². The summed E-state index contributed by atoms with van der Waals surface area (Å²) in [5.74, 6) is 0.855. The van der Waals surface area contributed by atoms with Crippen LogP contribution in [0.4, 0.5) is 0 Å². The normalized spacial score (nSPS) is 16.2. The predicted molar refractivity (Wildman–Crippen MR) is 98.7 cm³/mol. The van der Waals surface area contributed by atoms with E-state index in [4.69, 9.17) is 4.74 Å². The van der Waals surface area contributed by atoms with Gasteiger partial charge in [-0.3, -0.25) is 4.90 Å². The van der Waals surface area contributed by atoms with Crippen molar-refractivity contribution in [1.29, 1.82) is 0 Å². The first-order valence-corrected chi connectivity index (χ1v) is 8.20. The zero-order chi connectivity index (χ0) is 15.9. The van der Waals surface area contributed by atoms with Crippen molar-refractivity contribution < 1.29 is 9.84 Å². The van der Waals surface area contributed by atoms with Crippen LogP contribution in [0.15, 0.2) is 54.6 Å². The minimum atomic E-state index is -0.0101. The molecule has 0 aliphatic carbocycles. The molecule has 130 valence electrons. The van der Waals surface area contributed by atoms with Crippen LogP contribution in [0.25, 0.3) is 0 Å². The minimum absolute atomic E-state index is 0. The summed E-state index contributed by atoms with van der Waals surface area (Å²) in [5.41, 5.74) is 2.21. The summed E-state index contributed by atoms with van der Waals surface area (Å²) in [6.45, 7) is 4.45. The molecule has 0 bridgehead atoms. The second-order valence-electron chi connectivity index (χ2n) is 5.80. The van der Waals surface area contributed by atoms with Gasteiger partial charge in [-0.2, -0.15) is 0 Å². The predicted octanol–water partition coefficient (Wildman–Crippen LogP) is 2.63. The van der Waals surface area contributed by atoms with Crippen LogP contribution in [0, 0.1) is 0 Å². The van der Waals surface area contributed by atoms with Gasteiger partial charge in [-0.05, 0) is 11.6 Å². The van der Waals surface area contributed by atoms with Crippen molar-refractivity contribution in [3.05, 3.63) is 65.7 Å². The first-order valence-electron chi connectivity index (χ1n) is 8.20. The summed E-state index contributed by atoms with van der Waals surface area (Å²) >= 11 is 0. The van der Waals surface area contributed by atoms with Crippen LogP contribution in [0.3, 0.4) is 0 Å². The molecule has 0 unspecified atom stereocenters. The summed E-state index contributed by atoms with van der Waals surface area (Å²) in [7, 11) is 0. The topological polar surface area (TPSA) is 44.7 Å². The molecule has 1 fully saturated rings. The van der Waals surface area contributed by atoms with Crippen molar-refractivity contribution in [2.45, 2.75) is 12.6 Å². The van der Waals surface area contributed by atoms with E-state index >= 15 is 0 Å². The van der Waals surface area contributed by atoms with Gasteiger partial charge in [-0.25, -0.2) is 0 Å². The van der Waals surface area contributed by atoms with Crippen molar-refractivity contribution in [3.8, 4) is 5.75 Å². The maximum atomic E-state index is 9.92. The van der Waals surface area contributed by atoms with Gasteiger partial charge in [0.25, 0.3) is 0 Å². The maximum absolute atomic E-state index is 9.92. The number of nitrogens with one attached hydrogen (secondary N) is 1. The lowest BCUT2D eigenvalue weighted by Gasteiger charge is -2.34. The number of rotatable bonds is 6. The Labute approximate surface area is 149 Å². The zero-order valence-corrected chi connectivity index (χ0v) is 14.5. The Balaban J connectivity index is 0.00000208. The fraction of sp³-hybridized carbons (Fsp3) is 0.368. The van der Waals surface area contributed by atoms with Gasteiger partial charge < -0.3 is 15.2 Å². The average molecular weight is 349 g/mol. The third-order valence-electron chi connectivity index (χ3n) is 4.28. The van der Waals surface area contributed by atoms with Crippen LogP contribution in [-0.4, -0.2) is 42.8 Å². The zero-order valence-electron chi connectivity index (χ0n) is 13.7. The lowest BCUT2D eigenvalue weighted by molar-refractivity contribution is 0.108. The van der Waals surface area contributed by atoms with E-state index in [0.29, 0.717) is 6.61 Å². The van der Waals surface area contributed by atoms with E-state index in [1.54, 1.807) is 0 Å². The van der Waals surface area contributed by atoms with Crippen molar-refractivity contribution in [2.24, 2.45) is 0 Å². The van der Waals surface area contributed by atoms with E-state index in [-0.39, 0.29) is 25.1 Å². The maximum Gasteiger partial charge on any atom is 0.124 e. The Bertz CT molecular complexity index is 603. The molecule has 1 atom stereocenters. The Morgan fingerprint density at radius 3 is 2.38 bits per heavy atom. The van der Waals surface area contributed by atoms with Gasteiger partial charge >= 0.3 is 0 Å². The molecule has 1 saturated heterocycles. The first-order chi connectivity index (χ1) is 11.4. The van der Waals surface area contributed by atoms with Crippen molar-refractivity contribution in [1.82, 2.24) is 10.2 Å². The molecule has 2 aromatic rings. The number of hydrogen-bond acceptors (Lipinski definition) is 4. The molecule has 1 aliphatic rings. The number of nitrogens with zero attached hydrogens (tertiary/aromatic N) is 1. The van der Waals surface area contributed by atoms with E-state index < -0.39 is 0 Å². The number of halogens is 1. The summed E-state index contributed by atoms with van der Waals surface area (Å²) in [6, 6.07) is 18.2. The van der Waals surface area contributed by atoms with Gasteiger partial charge in [0.05, 0.1) is 12.6 Å². The highest BCUT2D eigenvalue weighted by molar-refractivity contribution is 5.85. The number of aliphatic hydroxyl groups excluding tert-OH is 1. The number of aliphatic hydroxyl groups is 1. The summed E-state index contributed by atoms with van der Waals surface area (Å²) in [4.78, 5) is 2.32. The quantitative estimate of drug-likeness (QED) is 0.842. The average Bonchev–Trinajstić information content (AvgIpc) is 2.63. The largest absolute Gasteiger partial charge is 0.489 e. The Kier molecular flexibility index (Phi) is 7.53. The lowest BCUT2D eigenvalue weighted by Crippen LogP contribution is -2.46. The molecular formula is C19H25ClN2O2. The molecule has 3 rings (SSSR count). The number of para-hydroxylation sites is 1. The highest BCUT2D eigenvalue weighted by Crippen LogP contribution is 2.30. The molecule has 1 aliphatic heterocycles. The Hall–Kier alpha value is -1.59. The minimum Gasteiger partial charge on any atom is -0.489 e. The smallest absolute Gasteiger partial charge is 0.124 e. The molecule has 0 saturated carbocycles. The van der Waals surface area contributed by atoms with Gasteiger partial charge in [-0.15, -0.1) is 12.4 Å². The molecular weight excluding hydrogens is 324 g/mol. The van der Waals surface area contributed by atoms with Crippen LogP contribution in [-0.2, 0) is 6.61 Å². The van der Waals surface area contributed by atoms with E-state index in [2.05, 4.69) is 28.4 Å². The van der Waals surface area contributed by atoms with Gasteiger partial charge in [0.2, 0.25) is 0 Å². The van der Waals surface area contributed by atoms with Crippen LogP contribution < -0.4 is 10.1 Å². The summed E-state index contributed by atoms with van der Waals surface area (Å²) in [5, 5.41) is 13.3. The molecule has 0 aromatic heterocycles. The second-order valence-corrected chi connectivity index (χ2v) is 5.80. The van der Waals surface area contributed by atoms with Crippen LogP contribution in [0.1, 0.15) is 17.2 Å². The fourth-order valence-electron chi connectivity index (χ4n) is 3.03. The van der Waals surface area contributed by atoms with Crippen molar-refractivity contribution in [2.75, 3.05) is 32.8 Å². The van der Waals surface area contributed by atoms with Gasteiger partial charge in [0.1, 0.15) is 12.4 Å². The standard InChI is InChI=1S/C19H24N2O2.ClH/c22-14-18(21-12-10-20-11-13-21)17-8-4-5-9-19(17)23-15-16-6-2-1-3-7-16;/h1-9,18,20,22H,10-15H2;1H/t18-;/m0./s1. The number of hydrogen-bond donors (Lipinski definition) is 2. The molecule has 24 heavy (non-hydrogen) atoms. The van der Waals surface area contributed by atoms with Crippen LogP contribution >= 0.6 is 12.4 Å². The lowest BCUT2D eigenvalue weighted by atomic mass is 10.0. The Morgan fingerprint density at radius 2 is 1.67 bits per heavy atom. The molecule has 2 N–H and O–H groups in total. The van der Waals surface area contributed by atoms with Crippen LogP contribution in [0.5, 0.6) is 5.75 Å². The van der Waals surface area contributed by atoms with Gasteiger partial charge in [0.15, 0.2) is 0 Å². The summed E-state index contributed by atoms with van der Waals surface area (Å²) in [6.07, 6.45) is 0. The highest BCUT2D eigenvalue weighted by Gasteiger charge is 2.24. The van der Waals surface area contributed by atoms with Gasteiger partial charge in [-0.1, -0.05) is 48.5 Å². The van der Waals surface area contributed by atoms with E-state index in [0.717, 1.165) is 43.1 Å². The SMILES string of the molecule is Cl.OC[C@@H](c1ccccc1OCc1ccccc1)N1CCNCC1. The molecule has 0 radical (unpaired) electrons. The number of piperazine rings is 1. The third kappa shape index (κ3) is 4.71. The molecule has 1 heterocycles. The molecule has 2 aromatic carbocycles. The molecule has 4 nitrogen and oxygen atoms in total. The second kappa shape index (κ2) is 9.64. The number of benzene rings is 2. The fourth-order valence-corrected chi connectivity index (χ4v) is 3.03.